The molecule has 212 valence electrons. The van der Waals surface area contributed by atoms with Crippen LogP contribution in [0.2, 0.25) is 5.02 Å². The monoisotopic (exact) mass is 557 g/mol. The highest BCUT2D eigenvalue weighted by atomic mass is 35.5. The van der Waals surface area contributed by atoms with Gasteiger partial charge in [-0.15, -0.1) is 0 Å². The summed E-state index contributed by atoms with van der Waals surface area (Å²) >= 11 is 6.10. The third-order valence-electron chi connectivity index (χ3n) is 8.71. The molecule has 2 unspecified atom stereocenters. The Balaban J connectivity index is 1.33. The van der Waals surface area contributed by atoms with Crippen LogP contribution in [0.25, 0.3) is 0 Å². The molecule has 2 fully saturated rings. The van der Waals surface area contributed by atoms with Crippen molar-refractivity contribution in [2.24, 2.45) is 5.92 Å². The number of fused-ring (bicyclic) bond motifs is 1. The topological polar surface area (TPSA) is 111 Å². The molecule has 5 atom stereocenters. The average molecular weight is 558 g/mol. The summed E-state index contributed by atoms with van der Waals surface area (Å²) in [7, 11) is 0. The Kier molecular flexibility index (Phi) is 9.48. The second-order valence-electron chi connectivity index (χ2n) is 11.1. The Morgan fingerprint density at radius 2 is 1.87 bits per heavy atom. The molecule has 3 heterocycles. The number of carbonyl (C=O) groups excluding carboxylic acids is 1. The zero-order valence-corrected chi connectivity index (χ0v) is 23.3. The van der Waals surface area contributed by atoms with Gasteiger partial charge in [-0.25, -0.2) is 9.97 Å². The van der Waals surface area contributed by atoms with Gasteiger partial charge in [0.25, 0.3) is 0 Å². The summed E-state index contributed by atoms with van der Waals surface area (Å²) in [6.45, 7) is 6.71. The fourth-order valence-electron chi connectivity index (χ4n) is 6.45. The van der Waals surface area contributed by atoms with E-state index in [2.05, 4.69) is 32.0 Å². The van der Waals surface area contributed by atoms with E-state index in [0.29, 0.717) is 37.0 Å². The van der Waals surface area contributed by atoms with E-state index in [0.717, 1.165) is 67.9 Å². The molecule has 5 rings (SSSR count). The number of nitrogens with zero attached hydrogens (tertiary/aromatic N) is 4. The van der Waals surface area contributed by atoms with Crippen molar-refractivity contribution in [3.63, 3.8) is 0 Å². The zero-order chi connectivity index (χ0) is 27.4. The van der Waals surface area contributed by atoms with E-state index in [1.54, 1.807) is 6.33 Å². The maximum absolute atomic E-state index is 12.3. The van der Waals surface area contributed by atoms with Crippen LogP contribution < -0.4 is 10.2 Å². The molecule has 0 bridgehead atoms. The van der Waals surface area contributed by atoms with Crippen molar-refractivity contribution in [3.8, 4) is 0 Å². The third-order valence-corrected chi connectivity index (χ3v) is 8.96. The van der Waals surface area contributed by atoms with Crippen molar-refractivity contribution < 1.29 is 19.7 Å². The molecular formula is C29H40ClN5O4. The molecule has 39 heavy (non-hydrogen) atoms. The van der Waals surface area contributed by atoms with Gasteiger partial charge >= 0.3 is 0 Å². The van der Waals surface area contributed by atoms with Crippen LogP contribution >= 0.6 is 11.6 Å². The number of aldehydes is 1. The fourth-order valence-corrected chi connectivity index (χ4v) is 6.57. The normalized spacial score (nSPS) is 24.8. The standard InChI is InChI=1S/C29H40ClN5O4/c1-19-14-25(38)28-27(19)29(32-18-31-28)35-10-8-34(9-11-35)26(33-24(17-37)21-6-12-39-13-7-21)15-22(16-36)20-2-4-23(30)5-3-20/h2-5,16,18-19,21-22,24-26,33,37-38H,6-15,17H2,1H3/t19-,22+,24?,25-,26?/m1/s1. The van der Waals surface area contributed by atoms with Crippen LogP contribution in [-0.4, -0.2) is 89.6 Å². The molecule has 3 aliphatic rings. The lowest BCUT2D eigenvalue weighted by molar-refractivity contribution is -0.109. The summed E-state index contributed by atoms with van der Waals surface area (Å²) < 4.78 is 5.56. The number of hydrogen-bond acceptors (Lipinski definition) is 9. The largest absolute Gasteiger partial charge is 0.395 e. The highest BCUT2D eigenvalue weighted by Crippen LogP contribution is 2.42. The Hall–Kier alpha value is -2.14. The van der Waals surface area contributed by atoms with E-state index < -0.39 is 6.10 Å². The molecule has 0 radical (unpaired) electrons. The number of aliphatic hydroxyl groups excluding tert-OH is 2. The zero-order valence-electron chi connectivity index (χ0n) is 22.6. The van der Waals surface area contributed by atoms with E-state index in [1.165, 1.54) is 0 Å². The maximum atomic E-state index is 12.3. The number of aromatic nitrogens is 2. The molecule has 9 nitrogen and oxygen atoms in total. The number of piperazine rings is 1. The quantitative estimate of drug-likeness (QED) is 0.380. The van der Waals surface area contributed by atoms with E-state index >= 15 is 0 Å². The molecule has 0 spiro atoms. The van der Waals surface area contributed by atoms with Gasteiger partial charge in [-0.05, 0) is 55.2 Å². The summed E-state index contributed by atoms with van der Waals surface area (Å²) in [4.78, 5) is 26.0. The molecule has 1 aromatic carbocycles. The summed E-state index contributed by atoms with van der Waals surface area (Å²) in [5.74, 6) is 1.18. The Labute approximate surface area is 235 Å². The molecule has 10 heteroatoms. The lowest BCUT2D eigenvalue weighted by atomic mass is 9.90. The number of anilines is 1. The van der Waals surface area contributed by atoms with Crippen molar-refractivity contribution in [3.05, 3.63) is 52.4 Å². The first-order valence-electron chi connectivity index (χ1n) is 14.2. The van der Waals surface area contributed by atoms with E-state index in [4.69, 9.17) is 16.3 Å². The smallest absolute Gasteiger partial charge is 0.135 e. The summed E-state index contributed by atoms with van der Waals surface area (Å²) in [6.07, 6.45) is 5.07. The van der Waals surface area contributed by atoms with Crippen molar-refractivity contribution in [2.75, 3.05) is 50.9 Å². The van der Waals surface area contributed by atoms with Gasteiger partial charge in [-0.1, -0.05) is 30.7 Å². The minimum atomic E-state index is -0.527. The summed E-state index contributed by atoms with van der Waals surface area (Å²) in [5, 5.41) is 25.2. The van der Waals surface area contributed by atoms with Gasteiger partial charge < -0.3 is 24.6 Å². The van der Waals surface area contributed by atoms with Gasteiger partial charge in [-0.3, -0.25) is 10.2 Å². The molecule has 2 saturated heterocycles. The molecule has 3 N–H and O–H groups in total. The Morgan fingerprint density at radius 1 is 1.15 bits per heavy atom. The number of aliphatic hydroxyl groups is 2. The number of carbonyl (C=O) groups is 1. The predicted molar refractivity (Wildman–Crippen MR) is 150 cm³/mol. The van der Waals surface area contributed by atoms with Crippen LogP contribution in [-0.2, 0) is 9.53 Å². The highest BCUT2D eigenvalue weighted by molar-refractivity contribution is 6.30. The van der Waals surface area contributed by atoms with Crippen LogP contribution in [0.3, 0.4) is 0 Å². The molecule has 1 aliphatic carbocycles. The van der Waals surface area contributed by atoms with Crippen LogP contribution in [0, 0.1) is 5.92 Å². The van der Waals surface area contributed by atoms with Crippen molar-refractivity contribution in [2.45, 2.75) is 62.8 Å². The maximum Gasteiger partial charge on any atom is 0.135 e. The SMILES string of the molecule is C[C@@H]1C[C@@H](O)c2ncnc(N3CCN(C(C[C@@H](C=O)c4ccc(Cl)cc4)NC(CO)C4CCOCC4)CC3)c21. The van der Waals surface area contributed by atoms with Gasteiger partial charge in [0.05, 0.1) is 24.6 Å². The average Bonchev–Trinajstić information content (AvgIpc) is 3.27. The van der Waals surface area contributed by atoms with E-state index in [1.807, 2.05) is 24.3 Å². The molecular weight excluding hydrogens is 518 g/mol. The molecule has 2 aliphatic heterocycles. The van der Waals surface area contributed by atoms with Crippen molar-refractivity contribution >= 4 is 23.7 Å². The van der Waals surface area contributed by atoms with Crippen LogP contribution in [0.15, 0.2) is 30.6 Å². The van der Waals surface area contributed by atoms with Gasteiger partial charge in [-0.2, -0.15) is 0 Å². The first kappa shape index (κ1) is 28.4. The first-order chi connectivity index (χ1) is 19.0. The molecule has 0 amide bonds. The number of hydrogen-bond donors (Lipinski definition) is 3. The van der Waals surface area contributed by atoms with Crippen molar-refractivity contribution in [1.82, 2.24) is 20.2 Å². The van der Waals surface area contributed by atoms with Gasteiger partial charge in [0, 0.05) is 61.9 Å². The number of nitrogens with one attached hydrogen (secondary N) is 1. The summed E-state index contributed by atoms with van der Waals surface area (Å²) in [6, 6.07) is 7.42. The Bertz CT molecular complexity index is 1090. The summed E-state index contributed by atoms with van der Waals surface area (Å²) in [5.41, 5.74) is 2.76. The third kappa shape index (κ3) is 6.45. The minimum Gasteiger partial charge on any atom is -0.395 e. The lowest BCUT2D eigenvalue weighted by Gasteiger charge is -2.43. The predicted octanol–water partition coefficient (Wildman–Crippen LogP) is 2.87. The second-order valence-corrected chi connectivity index (χ2v) is 11.6. The fraction of sp³-hybridized carbons (Fsp3) is 0.621. The van der Waals surface area contributed by atoms with Gasteiger partial charge in [0.1, 0.15) is 18.4 Å². The molecule has 0 saturated carbocycles. The number of rotatable bonds is 10. The minimum absolute atomic E-state index is 0.0428. The number of benzene rings is 1. The first-order valence-corrected chi connectivity index (χ1v) is 14.5. The Morgan fingerprint density at radius 3 is 2.54 bits per heavy atom. The van der Waals surface area contributed by atoms with E-state index in [-0.39, 0.29) is 30.7 Å². The van der Waals surface area contributed by atoms with Crippen molar-refractivity contribution in [1.29, 1.82) is 0 Å². The number of ether oxygens (including phenoxy) is 1. The van der Waals surface area contributed by atoms with Crippen LogP contribution in [0.5, 0.6) is 0 Å². The molecule has 1 aromatic heterocycles. The van der Waals surface area contributed by atoms with Gasteiger partial charge in [0.2, 0.25) is 0 Å². The molecule has 2 aromatic rings. The van der Waals surface area contributed by atoms with Crippen LogP contribution in [0.1, 0.15) is 67.4 Å². The van der Waals surface area contributed by atoms with Gasteiger partial charge in [0.15, 0.2) is 0 Å². The van der Waals surface area contributed by atoms with Crippen LogP contribution in [0.4, 0.5) is 5.82 Å². The number of halogens is 1. The lowest BCUT2D eigenvalue weighted by Crippen LogP contribution is -2.59. The van der Waals surface area contributed by atoms with E-state index in [9.17, 15) is 15.0 Å². The highest BCUT2D eigenvalue weighted by Gasteiger charge is 2.35. The second kappa shape index (κ2) is 13.0.